The van der Waals surface area contributed by atoms with Crippen LogP contribution in [0.3, 0.4) is 0 Å². The molecule has 1 aromatic heterocycles. The van der Waals surface area contributed by atoms with Gasteiger partial charge in [0.2, 0.25) is 0 Å². The molecule has 0 saturated carbocycles. The first-order valence-electron chi connectivity index (χ1n) is 7.25. The lowest BCUT2D eigenvalue weighted by Gasteiger charge is -2.14. The smallest absolute Gasteiger partial charge is 0.252 e. The molecule has 2 N–H and O–H groups in total. The van der Waals surface area contributed by atoms with E-state index in [-0.39, 0.29) is 11.9 Å². The van der Waals surface area contributed by atoms with Crippen LogP contribution in [0.5, 0.6) is 0 Å². The molecule has 0 spiro atoms. The normalized spacial score (nSPS) is 12.2. The van der Waals surface area contributed by atoms with Crippen molar-refractivity contribution in [2.45, 2.75) is 25.8 Å². The molecule has 0 fully saturated rings. The molecule has 3 aromatic rings. The van der Waals surface area contributed by atoms with Gasteiger partial charge in [0.15, 0.2) is 5.82 Å². The number of fused-ring (bicyclic) bond motifs is 1. The molecule has 1 heterocycles. The minimum Gasteiger partial charge on any atom is -0.350 e. The standard InChI is InChI=1S/C16H17N5O/c1-11(9-10-15-18-20-21-19-15)17-16(22)14-8-4-6-12-5-2-3-7-13(12)14/h2-8,11H,9-10H2,1H3,(H,17,22)(H,18,19,20,21). The second-order valence-electron chi connectivity index (χ2n) is 5.27. The van der Waals surface area contributed by atoms with Gasteiger partial charge in [0.1, 0.15) is 0 Å². The van der Waals surface area contributed by atoms with E-state index in [4.69, 9.17) is 0 Å². The highest BCUT2D eigenvalue weighted by Crippen LogP contribution is 2.18. The monoisotopic (exact) mass is 295 g/mol. The summed E-state index contributed by atoms with van der Waals surface area (Å²) in [7, 11) is 0. The summed E-state index contributed by atoms with van der Waals surface area (Å²) < 4.78 is 0. The van der Waals surface area contributed by atoms with Crippen molar-refractivity contribution in [3.63, 3.8) is 0 Å². The van der Waals surface area contributed by atoms with E-state index < -0.39 is 0 Å². The number of nitrogens with zero attached hydrogens (tertiary/aromatic N) is 3. The number of benzene rings is 2. The number of tetrazole rings is 1. The van der Waals surface area contributed by atoms with Gasteiger partial charge in [-0.25, -0.2) is 0 Å². The van der Waals surface area contributed by atoms with E-state index in [1.165, 1.54) is 0 Å². The first-order chi connectivity index (χ1) is 10.7. The van der Waals surface area contributed by atoms with Crippen molar-refractivity contribution in [2.75, 3.05) is 0 Å². The van der Waals surface area contributed by atoms with Gasteiger partial charge in [-0.15, -0.1) is 10.2 Å². The summed E-state index contributed by atoms with van der Waals surface area (Å²) in [5.74, 6) is 0.601. The molecule has 6 nitrogen and oxygen atoms in total. The Morgan fingerprint density at radius 2 is 2.05 bits per heavy atom. The zero-order valence-corrected chi connectivity index (χ0v) is 12.3. The zero-order chi connectivity index (χ0) is 15.4. The van der Waals surface area contributed by atoms with Crippen LogP contribution < -0.4 is 5.32 Å². The number of aromatic amines is 1. The summed E-state index contributed by atoms with van der Waals surface area (Å²) >= 11 is 0. The van der Waals surface area contributed by atoms with Crippen molar-refractivity contribution in [3.05, 3.63) is 53.9 Å². The fourth-order valence-electron chi connectivity index (χ4n) is 2.43. The molecule has 0 bridgehead atoms. The second kappa shape index (κ2) is 6.34. The molecule has 1 unspecified atom stereocenters. The molecule has 2 aromatic carbocycles. The molecule has 112 valence electrons. The van der Waals surface area contributed by atoms with Crippen LogP contribution in [0, 0.1) is 0 Å². The van der Waals surface area contributed by atoms with Crippen molar-refractivity contribution < 1.29 is 4.79 Å². The molecular weight excluding hydrogens is 278 g/mol. The van der Waals surface area contributed by atoms with Gasteiger partial charge in [-0.05, 0) is 30.2 Å². The van der Waals surface area contributed by atoms with Crippen molar-refractivity contribution in [1.29, 1.82) is 0 Å². The molecule has 0 radical (unpaired) electrons. The number of aromatic nitrogens is 4. The van der Waals surface area contributed by atoms with E-state index in [1.807, 2.05) is 49.4 Å². The van der Waals surface area contributed by atoms with E-state index in [2.05, 4.69) is 25.9 Å². The molecule has 1 amide bonds. The number of hydrogen-bond donors (Lipinski definition) is 2. The summed E-state index contributed by atoms with van der Waals surface area (Å²) in [5, 5.41) is 18.8. The highest BCUT2D eigenvalue weighted by molar-refractivity contribution is 6.07. The third-order valence-corrected chi connectivity index (χ3v) is 3.60. The van der Waals surface area contributed by atoms with Crippen molar-refractivity contribution >= 4 is 16.7 Å². The molecule has 6 heteroatoms. The molecule has 0 aliphatic carbocycles. The largest absolute Gasteiger partial charge is 0.350 e. The third kappa shape index (κ3) is 3.11. The Balaban J connectivity index is 1.68. The van der Waals surface area contributed by atoms with Gasteiger partial charge in [-0.3, -0.25) is 4.79 Å². The van der Waals surface area contributed by atoms with Crippen molar-refractivity contribution in [1.82, 2.24) is 25.9 Å². The minimum absolute atomic E-state index is 0.0324. The van der Waals surface area contributed by atoms with Crippen LogP contribution in [0.1, 0.15) is 29.5 Å². The predicted molar refractivity (Wildman–Crippen MR) is 83.4 cm³/mol. The lowest BCUT2D eigenvalue weighted by Crippen LogP contribution is -2.33. The molecule has 0 aliphatic heterocycles. The van der Waals surface area contributed by atoms with Crippen LogP contribution in [-0.2, 0) is 6.42 Å². The highest BCUT2D eigenvalue weighted by Gasteiger charge is 2.13. The minimum atomic E-state index is -0.0580. The quantitative estimate of drug-likeness (QED) is 0.755. The molecule has 3 rings (SSSR count). The summed E-state index contributed by atoms with van der Waals surface area (Å²) in [6, 6.07) is 13.7. The fourth-order valence-corrected chi connectivity index (χ4v) is 2.43. The summed E-state index contributed by atoms with van der Waals surface area (Å²) in [5.41, 5.74) is 0.699. The molecule has 1 atom stereocenters. The lowest BCUT2D eigenvalue weighted by molar-refractivity contribution is 0.0940. The van der Waals surface area contributed by atoms with Gasteiger partial charge in [0.25, 0.3) is 5.91 Å². The number of rotatable bonds is 5. The van der Waals surface area contributed by atoms with Crippen LogP contribution in [-0.4, -0.2) is 32.6 Å². The number of carbonyl (C=O) groups is 1. The average molecular weight is 295 g/mol. The van der Waals surface area contributed by atoms with Crippen LogP contribution >= 0.6 is 0 Å². The van der Waals surface area contributed by atoms with Crippen LogP contribution in [0.4, 0.5) is 0 Å². The average Bonchev–Trinajstić information content (AvgIpc) is 3.06. The first kappa shape index (κ1) is 14.2. The van der Waals surface area contributed by atoms with Gasteiger partial charge in [0.05, 0.1) is 0 Å². The Morgan fingerprint density at radius 3 is 2.86 bits per heavy atom. The SMILES string of the molecule is CC(CCc1nn[nH]n1)NC(=O)c1cccc2ccccc12. The zero-order valence-electron chi connectivity index (χ0n) is 12.3. The number of amides is 1. The van der Waals surface area contributed by atoms with Crippen LogP contribution in [0.25, 0.3) is 10.8 Å². The Kier molecular flexibility index (Phi) is 4.09. The van der Waals surface area contributed by atoms with Gasteiger partial charge >= 0.3 is 0 Å². The van der Waals surface area contributed by atoms with E-state index in [0.717, 1.165) is 17.2 Å². The van der Waals surface area contributed by atoms with Gasteiger partial charge < -0.3 is 5.32 Å². The van der Waals surface area contributed by atoms with Gasteiger partial charge in [-0.2, -0.15) is 5.21 Å². The maximum Gasteiger partial charge on any atom is 0.252 e. The Hall–Kier alpha value is -2.76. The Labute approximate surface area is 127 Å². The van der Waals surface area contributed by atoms with E-state index in [0.29, 0.717) is 17.8 Å². The second-order valence-corrected chi connectivity index (χ2v) is 5.27. The highest BCUT2D eigenvalue weighted by atomic mass is 16.1. The van der Waals surface area contributed by atoms with Gasteiger partial charge in [-0.1, -0.05) is 41.6 Å². The van der Waals surface area contributed by atoms with E-state index in [1.54, 1.807) is 0 Å². The maximum absolute atomic E-state index is 12.5. The summed E-state index contributed by atoms with van der Waals surface area (Å²) in [6.45, 7) is 1.98. The number of carbonyl (C=O) groups excluding carboxylic acids is 1. The topological polar surface area (TPSA) is 83.6 Å². The summed E-state index contributed by atoms with van der Waals surface area (Å²) in [4.78, 5) is 12.5. The van der Waals surface area contributed by atoms with E-state index >= 15 is 0 Å². The first-order valence-corrected chi connectivity index (χ1v) is 7.25. The maximum atomic E-state index is 12.5. The number of nitrogens with one attached hydrogen (secondary N) is 2. The lowest BCUT2D eigenvalue weighted by atomic mass is 10.0. The van der Waals surface area contributed by atoms with Crippen molar-refractivity contribution in [2.24, 2.45) is 0 Å². The van der Waals surface area contributed by atoms with Crippen LogP contribution in [0.2, 0.25) is 0 Å². The Morgan fingerprint density at radius 1 is 1.23 bits per heavy atom. The third-order valence-electron chi connectivity index (χ3n) is 3.60. The number of H-pyrrole nitrogens is 1. The summed E-state index contributed by atoms with van der Waals surface area (Å²) in [6.07, 6.45) is 1.43. The molecule has 0 saturated heterocycles. The fraction of sp³-hybridized carbons (Fsp3) is 0.250. The Bertz CT molecular complexity index is 764. The molecule has 22 heavy (non-hydrogen) atoms. The van der Waals surface area contributed by atoms with Gasteiger partial charge in [0, 0.05) is 18.0 Å². The number of aryl methyl sites for hydroxylation is 1. The van der Waals surface area contributed by atoms with Crippen LogP contribution in [0.15, 0.2) is 42.5 Å². The molecule has 0 aliphatic rings. The number of hydrogen-bond acceptors (Lipinski definition) is 4. The predicted octanol–water partition coefficient (Wildman–Crippen LogP) is 2.10. The van der Waals surface area contributed by atoms with Crippen molar-refractivity contribution in [3.8, 4) is 0 Å². The molecular formula is C16H17N5O. The van der Waals surface area contributed by atoms with E-state index in [9.17, 15) is 4.79 Å².